The molecule has 7 rings (SSSR count). The molecule has 0 atom stereocenters. The number of nitrogens with zero attached hydrogens (tertiary/aromatic N) is 5. The van der Waals surface area contributed by atoms with Crippen molar-refractivity contribution >= 4 is 91.7 Å². The fraction of sp³-hybridized carbons (Fsp3) is 0.119. The molecule has 0 amide bonds. The van der Waals surface area contributed by atoms with Crippen molar-refractivity contribution in [3.63, 3.8) is 0 Å². The molecule has 0 saturated heterocycles. The number of hydrogen-bond acceptors (Lipinski definition) is 11. The number of fused-ring (bicyclic) bond motifs is 2. The van der Waals surface area contributed by atoms with Crippen molar-refractivity contribution in [2.75, 3.05) is 28.4 Å². The van der Waals surface area contributed by atoms with Crippen LogP contribution in [0.2, 0.25) is 0 Å². The lowest BCUT2D eigenvalue weighted by atomic mass is 10.1. The molecule has 3 heterocycles. The molecule has 0 bridgehead atoms. The van der Waals surface area contributed by atoms with E-state index in [9.17, 15) is 0 Å². The van der Waals surface area contributed by atoms with Crippen LogP contribution in [0.25, 0.3) is 69.0 Å². The summed E-state index contributed by atoms with van der Waals surface area (Å²) in [5.74, 6) is 4.32. The van der Waals surface area contributed by atoms with Crippen molar-refractivity contribution in [1.82, 2.24) is 24.9 Å². The van der Waals surface area contributed by atoms with E-state index in [1.807, 2.05) is 116 Å². The van der Waals surface area contributed by atoms with Gasteiger partial charge in [0.15, 0.2) is 11.6 Å². The van der Waals surface area contributed by atoms with E-state index in [-0.39, 0.29) is 0 Å². The van der Waals surface area contributed by atoms with Gasteiger partial charge in [0.2, 0.25) is 0 Å². The van der Waals surface area contributed by atoms with Crippen LogP contribution < -0.4 is 18.9 Å². The predicted molar refractivity (Wildman–Crippen MR) is 219 cm³/mol. The Hall–Kier alpha value is -6.17. The zero-order chi connectivity index (χ0) is 36.7. The third-order valence-electron chi connectivity index (χ3n) is 8.20. The van der Waals surface area contributed by atoms with E-state index in [1.54, 1.807) is 51.1 Å². The number of methoxy groups -OCH3 is 4. The number of rotatable bonds is 12. The number of hydrogen-bond donors (Lipinski definition) is 0. The quantitative estimate of drug-likeness (QED) is 0.121. The summed E-state index contributed by atoms with van der Waals surface area (Å²) in [6, 6.07) is 23.9. The summed E-state index contributed by atoms with van der Waals surface area (Å²) in [5, 5.41) is 1.82. The topological polar surface area (TPSA) is 101 Å². The summed E-state index contributed by atoms with van der Waals surface area (Å²) in [4.78, 5) is 23.2. The van der Waals surface area contributed by atoms with Gasteiger partial charge in [-0.25, -0.2) is 24.9 Å². The highest BCUT2D eigenvalue weighted by Gasteiger charge is 2.11. The molecule has 0 fully saturated rings. The molecule has 0 saturated carbocycles. The number of para-hydroxylation sites is 2. The molecule has 0 aliphatic rings. The Balaban J connectivity index is 1.11. The van der Waals surface area contributed by atoms with Gasteiger partial charge in [-0.2, -0.15) is 0 Å². The fourth-order valence-electron chi connectivity index (χ4n) is 5.66. The first-order valence-corrected chi connectivity index (χ1v) is 18.2. The zero-order valence-corrected chi connectivity index (χ0v) is 31.4. The van der Waals surface area contributed by atoms with Crippen LogP contribution in [0.3, 0.4) is 0 Å². The Morgan fingerprint density at radius 2 is 0.792 bits per heavy atom. The van der Waals surface area contributed by atoms with Gasteiger partial charge in [0.25, 0.3) is 0 Å². The molecule has 53 heavy (non-hydrogen) atoms. The fourth-order valence-corrected chi connectivity index (χ4v) is 7.40. The first-order valence-electron chi connectivity index (χ1n) is 16.6. The smallest absolute Gasteiger partial charge is 0.156 e. The molecule has 0 radical (unpaired) electrons. The number of thiazole rings is 2. The minimum atomic E-state index is 0.498. The molecule has 9 nitrogen and oxygen atoms in total. The van der Waals surface area contributed by atoms with Crippen molar-refractivity contribution in [2.45, 2.75) is 6.92 Å². The highest BCUT2D eigenvalue weighted by molar-refractivity contribution is 7.19. The molecule has 0 aliphatic carbocycles. The van der Waals surface area contributed by atoms with Crippen LogP contribution in [0.1, 0.15) is 49.7 Å². The van der Waals surface area contributed by atoms with Crippen molar-refractivity contribution in [3.05, 3.63) is 123 Å². The van der Waals surface area contributed by atoms with Gasteiger partial charge in [-0.05, 0) is 104 Å². The second-order valence-electron chi connectivity index (χ2n) is 11.6. The van der Waals surface area contributed by atoms with E-state index in [0.29, 0.717) is 40.5 Å². The highest BCUT2D eigenvalue weighted by atomic mass is 32.1. The Labute approximate surface area is 315 Å². The van der Waals surface area contributed by atoms with E-state index in [1.165, 1.54) is 0 Å². The monoisotopic (exact) mass is 737 g/mol. The molecular weight excluding hydrogens is 703 g/mol. The lowest BCUT2D eigenvalue weighted by molar-refractivity contribution is 0.401. The molecular formula is C42H35N5O4S2. The van der Waals surface area contributed by atoms with Crippen LogP contribution in [-0.4, -0.2) is 53.4 Å². The predicted octanol–water partition coefficient (Wildman–Crippen LogP) is 10.1. The van der Waals surface area contributed by atoms with E-state index in [0.717, 1.165) is 52.7 Å². The highest BCUT2D eigenvalue weighted by Crippen LogP contribution is 2.34. The normalized spacial score (nSPS) is 11.9. The lowest BCUT2D eigenvalue weighted by Crippen LogP contribution is -1.99. The maximum Gasteiger partial charge on any atom is 0.156 e. The van der Waals surface area contributed by atoms with Crippen molar-refractivity contribution in [2.24, 2.45) is 0 Å². The Morgan fingerprint density at radius 1 is 0.434 bits per heavy atom. The standard InChI is InChI=1S/C42H35N5O4S2/c1-26-43-39(18-14-27-22-35(50-4)29(24-33(27)48-2)16-20-41-45-31-10-6-8-12-37(31)52-41)47-40(44-26)19-15-28-23-36(51-5)30(25-34(28)49-3)17-21-42-46-32-11-7-9-13-38(32)53-42/h6-25H,1-5H3/b18-14+,19-15+,20-16+,21-17+. The van der Waals surface area contributed by atoms with Gasteiger partial charge in [0, 0.05) is 22.3 Å². The van der Waals surface area contributed by atoms with Gasteiger partial charge in [-0.3, -0.25) is 0 Å². The first-order chi connectivity index (χ1) is 25.9. The zero-order valence-electron chi connectivity index (χ0n) is 29.7. The van der Waals surface area contributed by atoms with Gasteiger partial charge in [-0.15, -0.1) is 22.7 Å². The summed E-state index contributed by atoms with van der Waals surface area (Å²) >= 11 is 3.28. The number of ether oxygens (including phenoxy) is 4. The summed E-state index contributed by atoms with van der Waals surface area (Å²) in [5.41, 5.74) is 5.32. The Bertz CT molecular complexity index is 2310. The second-order valence-corrected chi connectivity index (χ2v) is 13.8. The van der Waals surface area contributed by atoms with Crippen LogP contribution in [-0.2, 0) is 0 Å². The average Bonchev–Trinajstić information content (AvgIpc) is 3.81. The van der Waals surface area contributed by atoms with Gasteiger partial charge >= 0.3 is 0 Å². The second kappa shape index (κ2) is 16.0. The van der Waals surface area contributed by atoms with Crippen molar-refractivity contribution in [1.29, 1.82) is 0 Å². The van der Waals surface area contributed by atoms with Crippen LogP contribution in [0.15, 0.2) is 72.8 Å². The largest absolute Gasteiger partial charge is 0.496 e. The minimum Gasteiger partial charge on any atom is -0.496 e. The molecule has 0 N–H and O–H groups in total. The van der Waals surface area contributed by atoms with Gasteiger partial charge in [0.05, 0.1) is 48.9 Å². The van der Waals surface area contributed by atoms with Crippen molar-refractivity contribution in [3.8, 4) is 23.0 Å². The Morgan fingerprint density at radius 3 is 1.15 bits per heavy atom. The van der Waals surface area contributed by atoms with Gasteiger partial charge in [-0.1, -0.05) is 24.3 Å². The van der Waals surface area contributed by atoms with E-state index < -0.39 is 0 Å². The van der Waals surface area contributed by atoms with Crippen LogP contribution >= 0.6 is 22.7 Å². The third-order valence-corrected chi connectivity index (χ3v) is 10.2. The lowest BCUT2D eigenvalue weighted by Gasteiger charge is -2.11. The van der Waals surface area contributed by atoms with Crippen LogP contribution in [0.5, 0.6) is 23.0 Å². The van der Waals surface area contributed by atoms with E-state index in [2.05, 4.69) is 27.1 Å². The SMILES string of the molecule is COc1cc(/C=C/c2nc3ccccc3s2)c(OC)cc1/C=C/c1nc(C)nc(/C=C/c2cc(OC)c(/C=C/c3nc4ccccc4s3)cc2OC)n1. The van der Waals surface area contributed by atoms with E-state index >= 15 is 0 Å². The molecule has 0 spiro atoms. The molecule has 264 valence electrons. The van der Waals surface area contributed by atoms with Crippen molar-refractivity contribution < 1.29 is 18.9 Å². The number of benzene rings is 4. The summed E-state index contributed by atoms with van der Waals surface area (Å²) in [6.07, 6.45) is 15.4. The first kappa shape index (κ1) is 35.2. The summed E-state index contributed by atoms with van der Waals surface area (Å²) in [7, 11) is 6.59. The van der Waals surface area contributed by atoms with Crippen LogP contribution in [0, 0.1) is 6.92 Å². The van der Waals surface area contributed by atoms with Crippen LogP contribution in [0.4, 0.5) is 0 Å². The maximum atomic E-state index is 5.76. The maximum absolute atomic E-state index is 5.76. The minimum absolute atomic E-state index is 0.498. The molecule has 4 aromatic carbocycles. The van der Waals surface area contributed by atoms with E-state index in [4.69, 9.17) is 28.9 Å². The van der Waals surface area contributed by atoms with Gasteiger partial charge in [0.1, 0.15) is 38.8 Å². The third kappa shape index (κ3) is 8.17. The summed E-state index contributed by atoms with van der Waals surface area (Å²) in [6.45, 7) is 1.84. The van der Waals surface area contributed by atoms with Gasteiger partial charge < -0.3 is 18.9 Å². The molecule has 0 aliphatic heterocycles. The molecule has 3 aromatic heterocycles. The molecule has 7 aromatic rings. The number of aromatic nitrogens is 5. The summed E-state index contributed by atoms with van der Waals surface area (Å²) < 4.78 is 25.3. The molecule has 11 heteroatoms. The Kier molecular flexibility index (Phi) is 10.7. The molecule has 0 unspecified atom stereocenters. The number of aryl methyl sites for hydroxylation is 1. The average molecular weight is 738 g/mol.